The third kappa shape index (κ3) is 6.07. The molecule has 2 aliphatic carbocycles. The van der Waals surface area contributed by atoms with Gasteiger partial charge in [-0.15, -0.1) is 6.58 Å². The first-order valence-corrected chi connectivity index (χ1v) is 13.5. The number of hydrogen-bond acceptors (Lipinski definition) is 4. The molecule has 2 aliphatic rings. The van der Waals surface area contributed by atoms with Gasteiger partial charge in [-0.2, -0.15) is 0 Å². The molecule has 0 radical (unpaired) electrons. The fourth-order valence-electron chi connectivity index (χ4n) is 5.83. The Kier molecular flexibility index (Phi) is 8.98. The molecule has 0 saturated heterocycles. The molecule has 192 valence electrons. The van der Waals surface area contributed by atoms with Crippen LogP contribution in [0.4, 0.5) is 5.69 Å². The number of nitrogens with one attached hydrogen (secondary N) is 2. The van der Waals surface area contributed by atoms with Gasteiger partial charge in [0, 0.05) is 11.6 Å². The maximum absolute atomic E-state index is 13.7. The van der Waals surface area contributed by atoms with Gasteiger partial charge in [-0.25, -0.2) is 0 Å². The highest BCUT2D eigenvalue weighted by molar-refractivity contribution is 5.92. The van der Waals surface area contributed by atoms with E-state index in [2.05, 4.69) is 29.3 Å². The number of allylic oxidation sites excluding steroid dienone is 1. The van der Waals surface area contributed by atoms with E-state index in [4.69, 9.17) is 4.74 Å². The molecule has 0 aliphatic heterocycles. The summed E-state index contributed by atoms with van der Waals surface area (Å²) in [5.41, 5.74) is 2.44. The highest BCUT2D eigenvalue weighted by atomic mass is 16.5. The monoisotopic (exact) mass is 488 g/mol. The Morgan fingerprint density at radius 1 is 1.03 bits per heavy atom. The summed E-state index contributed by atoms with van der Waals surface area (Å²) in [6.07, 6.45) is 9.74. The van der Waals surface area contributed by atoms with Gasteiger partial charge >= 0.3 is 5.97 Å². The maximum atomic E-state index is 13.7. The Balaban J connectivity index is 1.31. The zero-order valence-electron chi connectivity index (χ0n) is 21.5. The normalized spacial score (nSPS) is 23.1. The summed E-state index contributed by atoms with van der Waals surface area (Å²) in [5, 5.41) is 6.22. The zero-order valence-corrected chi connectivity index (χ0v) is 21.5. The van der Waals surface area contributed by atoms with E-state index in [1.54, 1.807) is 0 Å². The minimum absolute atomic E-state index is 0.0562. The van der Waals surface area contributed by atoms with Gasteiger partial charge in [-0.3, -0.25) is 9.59 Å². The molecule has 1 amide bonds. The van der Waals surface area contributed by atoms with Gasteiger partial charge in [-0.1, -0.05) is 80.3 Å². The molecule has 2 N–H and O–H groups in total. The Morgan fingerprint density at radius 2 is 1.72 bits per heavy atom. The first kappa shape index (κ1) is 26.2. The van der Waals surface area contributed by atoms with E-state index in [0.29, 0.717) is 12.5 Å². The minimum atomic E-state index is -0.534. The van der Waals surface area contributed by atoms with Gasteiger partial charge < -0.3 is 15.4 Å². The van der Waals surface area contributed by atoms with Gasteiger partial charge in [0.15, 0.2) is 0 Å². The van der Waals surface area contributed by atoms with Crippen LogP contribution in [-0.2, 0) is 19.7 Å². The van der Waals surface area contributed by atoms with Crippen molar-refractivity contribution < 1.29 is 14.3 Å². The molecular formula is C31H40N2O3. The second-order valence-electron chi connectivity index (χ2n) is 10.4. The molecule has 4 rings (SSSR count). The van der Waals surface area contributed by atoms with Crippen molar-refractivity contribution in [3.05, 3.63) is 78.4 Å². The molecule has 0 spiro atoms. The van der Waals surface area contributed by atoms with Crippen molar-refractivity contribution in [3.8, 4) is 0 Å². The topological polar surface area (TPSA) is 67.4 Å². The van der Waals surface area contributed by atoms with Crippen molar-refractivity contribution in [2.75, 3.05) is 18.4 Å². The number of benzene rings is 2. The maximum Gasteiger partial charge on any atom is 0.316 e. The molecule has 0 bridgehead atoms. The second kappa shape index (κ2) is 12.4. The molecule has 2 unspecified atom stereocenters. The van der Waals surface area contributed by atoms with Crippen LogP contribution in [0.1, 0.15) is 62.5 Å². The van der Waals surface area contributed by atoms with Gasteiger partial charge in [0.05, 0.1) is 12.0 Å². The van der Waals surface area contributed by atoms with Crippen molar-refractivity contribution in [3.63, 3.8) is 0 Å². The smallest absolute Gasteiger partial charge is 0.316 e. The molecule has 5 nitrogen and oxygen atoms in total. The average molecular weight is 489 g/mol. The Labute approximate surface area is 215 Å². The van der Waals surface area contributed by atoms with Crippen LogP contribution in [0, 0.1) is 18.8 Å². The Hall–Kier alpha value is -2.92. The minimum Gasteiger partial charge on any atom is -0.461 e. The predicted octanol–water partition coefficient (Wildman–Crippen LogP) is 5.94. The van der Waals surface area contributed by atoms with Crippen LogP contribution in [-0.4, -0.2) is 31.1 Å². The first-order chi connectivity index (χ1) is 17.5. The Bertz CT molecular complexity index is 1030. The van der Waals surface area contributed by atoms with E-state index >= 15 is 0 Å². The van der Waals surface area contributed by atoms with Crippen molar-refractivity contribution in [2.45, 2.75) is 69.8 Å². The fraction of sp³-hybridized carbons (Fsp3) is 0.484. The molecule has 3 atom stereocenters. The summed E-state index contributed by atoms with van der Waals surface area (Å²) < 4.78 is 6.26. The molecule has 36 heavy (non-hydrogen) atoms. The predicted molar refractivity (Wildman–Crippen MR) is 145 cm³/mol. The quantitative estimate of drug-likeness (QED) is 0.188. The average Bonchev–Trinajstić information content (AvgIpc) is 3.15. The number of anilines is 1. The van der Waals surface area contributed by atoms with Crippen LogP contribution in [0.15, 0.2) is 67.3 Å². The van der Waals surface area contributed by atoms with Gasteiger partial charge in [-0.05, 0) is 62.3 Å². The highest BCUT2D eigenvalue weighted by Gasteiger charge is 2.47. The molecule has 2 aromatic rings. The van der Waals surface area contributed by atoms with E-state index in [9.17, 15) is 9.59 Å². The molecule has 2 aromatic carbocycles. The van der Waals surface area contributed by atoms with Crippen LogP contribution in [0.3, 0.4) is 0 Å². The third-order valence-corrected chi connectivity index (χ3v) is 8.13. The van der Waals surface area contributed by atoms with Crippen LogP contribution in [0.5, 0.6) is 0 Å². The van der Waals surface area contributed by atoms with Crippen LogP contribution < -0.4 is 10.6 Å². The zero-order chi connectivity index (χ0) is 25.4. The molecule has 0 aromatic heterocycles. The molecule has 5 heteroatoms. The lowest BCUT2D eigenvalue weighted by Gasteiger charge is -2.44. The number of aryl methyl sites for hydroxylation is 1. The number of ether oxygens (including phenoxy) is 1. The lowest BCUT2D eigenvalue weighted by molar-refractivity contribution is -0.169. The van der Waals surface area contributed by atoms with Crippen molar-refractivity contribution in [1.82, 2.24) is 5.32 Å². The number of carbonyl (C=O) groups excluding carboxylic acids is 2. The van der Waals surface area contributed by atoms with E-state index < -0.39 is 5.41 Å². The largest absolute Gasteiger partial charge is 0.461 e. The van der Waals surface area contributed by atoms with Crippen LogP contribution in [0.25, 0.3) is 0 Å². The fourth-order valence-corrected chi connectivity index (χ4v) is 5.83. The number of para-hydroxylation sites is 1. The van der Waals surface area contributed by atoms with Gasteiger partial charge in [0.25, 0.3) is 0 Å². The lowest BCUT2D eigenvalue weighted by Crippen LogP contribution is -2.48. The number of esters is 1. The number of hydrogen-bond donors (Lipinski definition) is 2. The number of rotatable bonds is 10. The van der Waals surface area contributed by atoms with Gasteiger partial charge in [0.2, 0.25) is 5.91 Å². The first-order valence-electron chi connectivity index (χ1n) is 13.5. The van der Waals surface area contributed by atoms with E-state index in [1.165, 1.54) is 12.8 Å². The molecule has 0 heterocycles. The van der Waals surface area contributed by atoms with Crippen molar-refractivity contribution in [1.29, 1.82) is 0 Å². The summed E-state index contributed by atoms with van der Waals surface area (Å²) in [6, 6.07) is 18.0. The van der Waals surface area contributed by atoms with Gasteiger partial charge in [0.1, 0.15) is 6.10 Å². The highest BCUT2D eigenvalue weighted by Crippen LogP contribution is 2.44. The Morgan fingerprint density at radius 3 is 2.42 bits per heavy atom. The summed E-state index contributed by atoms with van der Waals surface area (Å²) in [4.78, 5) is 26.1. The standard InChI is InChI=1S/C31H40N2O3/c1-3-24-21-28(26(24)17-20-32-22-29(34)33-27-16-10-9-13-23(27)2)36-30(35)31(18-11-4-5-12-19-31)25-14-7-6-8-15-25/h3,6-10,13-16,24,26,28,32H,1,4-5,11-12,17-22H2,2H3,(H,33,34)/t24?,26?,28-/m0/s1. The van der Waals surface area contributed by atoms with E-state index in [-0.39, 0.29) is 30.4 Å². The molecule has 2 fully saturated rings. The number of amides is 1. The van der Waals surface area contributed by atoms with Crippen LogP contribution >= 0.6 is 0 Å². The van der Waals surface area contributed by atoms with Crippen LogP contribution in [0.2, 0.25) is 0 Å². The lowest BCUT2D eigenvalue weighted by atomic mass is 9.68. The summed E-state index contributed by atoms with van der Waals surface area (Å²) >= 11 is 0. The molecular weight excluding hydrogens is 448 g/mol. The van der Waals surface area contributed by atoms with Crippen molar-refractivity contribution >= 4 is 17.6 Å². The summed E-state index contributed by atoms with van der Waals surface area (Å²) in [7, 11) is 0. The summed E-state index contributed by atoms with van der Waals surface area (Å²) in [5.74, 6) is 0.460. The third-order valence-electron chi connectivity index (χ3n) is 8.13. The SMILES string of the molecule is C=CC1C[C@H](OC(=O)C2(c3ccccc3)CCCCCC2)C1CCNCC(=O)Nc1ccccc1C. The van der Waals surface area contributed by atoms with E-state index in [1.807, 2.05) is 55.5 Å². The summed E-state index contributed by atoms with van der Waals surface area (Å²) in [6.45, 7) is 6.92. The number of carbonyl (C=O) groups is 2. The van der Waals surface area contributed by atoms with E-state index in [0.717, 1.165) is 55.3 Å². The second-order valence-corrected chi connectivity index (χ2v) is 10.4. The van der Waals surface area contributed by atoms with Crippen molar-refractivity contribution in [2.24, 2.45) is 11.8 Å². The molecule has 2 saturated carbocycles.